The van der Waals surface area contributed by atoms with E-state index in [2.05, 4.69) is 20.3 Å². The molecule has 2 aromatic carbocycles. The Morgan fingerprint density at radius 1 is 1.14 bits per heavy atom. The van der Waals surface area contributed by atoms with E-state index in [-0.39, 0.29) is 23.7 Å². The van der Waals surface area contributed by atoms with Gasteiger partial charge in [0.15, 0.2) is 11.5 Å². The van der Waals surface area contributed by atoms with Crippen LogP contribution in [0.15, 0.2) is 35.0 Å². The highest BCUT2D eigenvalue weighted by atomic mass is 16.7. The Bertz CT molecular complexity index is 891. The first-order valence-corrected chi connectivity index (χ1v) is 6.29. The van der Waals surface area contributed by atoms with E-state index in [4.69, 9.17) is 9.47 Å². The Balaban J connectivity index is 1.78. The van der Waals surface area contributed by atoms with Gasteiger partial charge in [-0.15, -0.1) is 0 Å². The van der Waals surface area contributed by atoms with E-state index >= 15 is 0 Å². The minimum atomic E-state index is -0.526. The number of anilines is 2. The van der Waals surface area contributed by atoms with Gasteiger partial charge in [0.05, 0.1) is 4.92 Å². The van der Waals surface area contributed by atoms with E-state index in [0.29, 0.717) is 22.7 Å². The first-order chi connectivity index (χ1) is 10.7. The summed E-state index contributed by atoms with van der Waals surface area (Å²) in [6, 6.07) is 8.32. The van der Waals surface area contributed by atoms with Gasteiger partial charge in [-0.3, -0.25) is 10.1 Å². The maximum absolute atomic E-state index is 11.3. The molecule has 1 aliphatic heterocycles. The monoisotopic (exact) mass is 300 g/mol. The lowest BCUT2D eigenvalue weighted by Crippen LogP contribution is -1.98. The molecular weight excluding hydrogens is 292 g/mol. The Kier molecular flexibility index (Phi) is 2.58. The van der Waals surface area contributed by atoms with Crippen LogP contribution >= 0.6 is 0 Å². The second-order valence-corrected chi connectivity index (χ2v) is 4.54. The molecule has 4 rings (SSSR count). The zero-order valence-electron chi connectivity index (χ0n) is 11.0. The molecule has 1 aromatic heterocycles. The second-order valence-electron chi connectivity index (χ2n) is 4.54. The molecule has 0 fully saturated rings. The maximum atomic E-state index is 11.3. The van der Waals surface area contributed by atoms with Crippen molar-refractivity contribution in [3.05, 3.63) is 40.4 Å². The largest absolute Gasteiger partial charge is 0.454 e. The second kappa shape index (κ2) is 4.58. The molecule has 0 amide bonds. The number of hydrogen-bond donors (Lipinski definition) is 1. The van der Waals surface area contributed by atoms with Crippen molar-refractivity contribution in [2.24, 2.45) is 0 Å². The summed E-state index contributed by atoms with van der Waals surface area (Å²) >= 11 is 0. The summed E-state index contributed by atoms with van der Waals surface area (Å²) < 4.78 is 15.1. The van der Waals surface area contributed by atoms with Crippen LogP contribution < -0.4 is 14.8 Å². The molecule has 3 aromatic rings. The van der Waals surface area contributed by atoms with Crippen LogP contribution in [0.5, 0.6) is 11.5 Å². The fourth-order valence-electron chi connectivity index (χ4n) is 2.25. The number of benzene rings is 2. The zero-order valence-corrected chi connectivity index (χ0v) is 11.0. The third-order valence-electron chi connectivity index (χ3n) is 3.24. The average molecular weight is 300 g/mol. The predicted octanol–water partition coefficient (Wildman–Crippen LogP) is 2.60. The lowest BCUT2D eigenvalue weighted by Gasteiger charge is -2.07. The van der Waals surface area contributed by atoms with Crippen LogP contribution in [0.2, 0.25) is 0 Å². The van der Waals surface area contributed by atoms with Gasteiger partial charge in [0.25, 0.3) is 0 Å². The molecule has 0 bridgehead atoms. The van der Waals surface area contributed by atoms with Crippen molar-refractivity contribution in [3.8, 4) is 11.5 Å². The molecular formula is C13H8N4O5. The van der Waals surface area contributed by atoms with E-state index in [1.165, 1.54) is 0 Å². The van der Waals surface area contributed by atoms with E-state index in [1.807, 2.05) is 0 Å². The van der Waals surface area contributed by atoms with Crippen LogP contribution in [0.3, 0.4) is 0 Å². The molecule has 0 unspecified atom stereocenters. The first kappa shape index (κ1) is 12.4. The molecule has 110 valence electrons. The van der Waals surface area contributed by atoms with E-state index in [9.17, 15) is 10.1 Å². The van der Waals surface area contributed by atoms with Gasteiger partial charge in [-0.05, 0) is 34.6 Å². The molecule has 1 N–H and O–H groups in total. The van der Waals surface area contributed by atoms with Crippen molar-refractivity contribution in [1.29, 1.82) is 0 Å². The molecule has 22 heavy (non-hydrogen) atoms. The summed E-state index contributed by atoms with van der Waals surface area (Å²) in [6.45, 7) is 0.162. The summed E-state index contributed by atoms with van der Waals surface area (Å²) in [4.78, 5) is 10.8. The highest BCUT2D eigenvalue weighted by Crippen LogP contribution is 2.37. The molecule has 0 atom stereocenters. The number of nitro groups is 1. The van der Waals surface area contributed by atoms with Gasteiger partial charge in [0.2, 0.25) is 12.3 Å². The van der Waals surface area contributed by atoms with Gasteiger partial charge in [0, 0.05) is 11.8 Å². The summed E-state index contributed by atoms with van der Waals surface area (Å²) in [7, 11) is 0. The predicted molar refractivity (Wildman–Crippen MR) is 74.3 cm³/mol. The number of rotatable bonds is 3. The minimum Gasteiger partial charge on any atom is -0.454 e. The van der Waals surface area contributed by atoms with Crippen molar-refractivity contribution in [3.63, 3.8) is 0 Å². The van der Waals surface area contributed by atoms with E-state index in [1.54, 1.807) is 30.3 Å². The lowest BCUT2D eigenvalue weighted by atomic mass is 10.2. The molecule has 0 spiro atoms. The summed E-state index contributed by atoms with van der Waals surface area (Å²) in [6.07, 6.45) is 0. The third-order valence-corrected chi connectivity index (χ3v) is 3.24. The SMILES string of the molecule is O=[N+]([O-])c1c(Nc2ccc3c(c2)OCO3)ccc2nonc12. The molecule has 9 nitrogen and oxygen atoms in total. The van der Waals surface area contributed by atoms with Gasteiger partial charge >= 0.3 is 5.69 Å². The molecule has 0 saturated heterocycles. The molecule has 2 heterocycles. The Labute approximate surface area is 122 Å². The standard InChI is InChI=1S/C13H8N4O5/c18-17(19)13-9(3-2-8-12(13)16-22-15-8)14-7-1-4-10-11(5-7)21-6-20-10/h1-5,14H,6H2. The number of hydrogen-bond acceptors (Lipinski definition) is 8. The number of aromatic nitrogens is 2. The lowest BCUT2D eigenvalue weighted by molar-refractivity contribution is -0.382. The van der Waals surface area contributed by atoms with Crippen LogP contribution in [-0.2, 0) is 0 Å². The van der Waals surface area contributed by atoms with Gasteiger partial charge in [0.1, 0.15) is 11.2 Å². The normalized spacial score (nSPS) is 12.5. The van der Waals surface area contributed by atoms with E-state index < -0.39 is 4.92 Å². The Morgan fingerprint density at radius 3 is 2.86 bits per heavy atom. The first-order valence-electron chi connectivity index (χ1n) is 6.29. The zero-order chi connectivity index (χ0) is 15.1. The third kappa shape index (κ3) is 1.87. The van der Waals surface area contributed by atoms with Crippen LogP contribution in [0.1, 0.15) is 0 Å². The van der Waals surface area contributed by atoms with Crippen molar-refractivity contribution >= 4 is 28.1 Å². The highest BCUT2D eigenvalue weighted by molar-refractivity contribution is 5.92. The number of nitro benzene ring substituents is 1. The molecule has 1 aliphatic rings. The van der Waals surface area contributed by atoms with Gasteiger partial charge in [-0.2, -0.15) is 0 Å². The topological polar surface area (TPSA) is 113 Å². The smallest absolute Gasteiger partial charge is 0.323 e. The number of fused-ring (bicyclic) bond motifs is 2. The molecule has 9 heteroatoms. The number of ether oxygens (including phenoxy) is 2. The van der Waals surface area contributed by atoms with Gasteiger partial charge in [-0.1, -0.05) is 0 Å². The number of nitrogens with one attached hydrogen (secondary N) is 1. The van der Waals surface area contributed by atoms with E-state index in [0.717, 1.165) is 0 Å². The van der Waals surface area contributed by atoms with Crippen LogP contribution in [0.25, 0.3) is 11.0 Å². The van der Waals surface area contributed by atoms with Crippen molar-refractivity contribution in [2.75, 3.05) is 12.1 Å². The maximum Gasteiger partial charge on any atom is 0.323 e. The quantitative estimate of drug-likeness (QED) is 0.580. The average Bonchev–Trinajstić information content (AvgIpc) is 3.14. The summed E-state index contributed by atoms with van der Waals surface area (Å²) in [5, 5.41) is 21.5. The fourth-order valence-corrected chi connectivity index (χ4v) is 2.25. The van der Waals surface area contributed by atoms with Crippen molar-refractivity contribution in [2.45, 2.75) is 0 Å². The summed E-state index contributed by atoms with van der Waals surface area (Å²) in [5.41, 5.74) is 1.13. The molecule has 0 saturated carbocycles. The molecule has 0 radical (unpaired) electrons. The Hall–Kier alpha value is -3.36. The van der Waals surface area contributed by atoms with Gasteiger partial charge in [-0.25, -0.2) is 4.63 Å². The van der Waals surface area contributed by atoms with Crippen molar-refractivity contribution in [1.82, 2.24) is 10.3 Å². The number of nitrogens with zero attached hydrogens (tertiary/aromatic N) is 3. The fraction of sp³-hybridized carbons (Fsp3) is 0.0769. The molecule has 0 aliphatic carbocycles. The van der Waals surface area contributed by atoms with Crippen molar-refractivity contribution < 1.29 is 19.0 Å². The highest BCUT2D eigenvalue weighted by Gasteiger charge is 2.23. The van der Waals surface area contributed by atoms with Crippen LogP contribution in [-0.4, -0.2) is 22.0 Å². The Morgan fingerprint density at radius 2 is 2.00 bits per heavy atom. The minimum absolute atomic E-state index is 0.0933. The summed E-state index contributed by atoms with van der Waals surface area (Å²) in [5.74, 6) is 1.22. The van der Waals surface area contributed by atoms with Gasteiger partial charge < -0.3 is 14.8 Å². The van der Waals surface area contributed by atoms with Crippen LogP contribution in [0, 0.1) is 10.1 Å². The van der Waals surface area contributed by atoms with Crippen LogP contribution in [0.4, 0.5) is 17.1 Å².